The number of hydrogen-bond donors (Lipinski definition) is 1. The number of aromatic carboxylic acids is 1. The van der Waals surface area contributed by atoms with Crippen molar-refractivity contribution >= 4 is 5.97 Å². The Morgan fingerprint density at radius 1 is 1.20 bits per heavy atom. The average Bonchev–Trinajstić information content (AvgIpc) is 3.18. The molecule has 1 heterocycles. The van der Waals surface area contributed by atoms with Gasteiger partial charge < -0.3 is 14.6 Å². The Balaban J connectivity index is 1.79. The van der Waals surface area contributed by atoms with E-state index in [1.807, 2.05) is 24.4 Å². The number of nitrogens with zero attached hydrogens (tertiary/aromatic N) is 2. The number of carboxylic acids is 1. The van der Waals surface area contributed by atoms with Gasteiger partial charge in [0.15, 0.2) is 11.5 Å². The second-order valence-electron chi connectivity index (χ2n) is 5.81. The third-order valence-electron chi connectivity index (χ3n) is 4.42. The molecular formula is C19H16N2O4. The van der Waals surface area contributed by atoms with Gasteiger partial charge in [0.05, 0.1) is 31.2 Å². The fourth-order valence-corrected chi connectivity index (χ4v) is 3.26. The van der Waals surface area contributed by atoms with Crippen molar-refractivity contribution in [3.05, 3.63) is 59.3 Å². The lowest BCUT2D eigenvalue weighted by atomic mass is 10.1. The third kappa shape index (κ3) is 2.34. The van der Waals surface area contributed by atoms with Crippen LogP contribution in [0.2, 0.25) is 0 Å². The summed E-state index contributed by atoms with van der Waals surface area (Å²) < 4.78 is 12.6. The molecule has 0 amide bonds. The smallest absolute Gasteiger partial charge is 0.335 e. The number of hydrogen-bond acceptors (Lipinski definition) is 4. The lowest BCUT2D eigenvalue weighted by Crippen LogP contribution is -2.01. The van der Waals surface area contributed by atoms with Crippen LogP contribution in [0.25, 0.3) is 16.9 Å². The van der Waals surface area contributed by atoms with Gasteiger partial charge in [-0.2, -0.15) is 5.10 Å². The Morgan fingerprint density at radius 3 is 2.76 bits per heavy atom. The highest BCUT2D eigenvalue weighted by molar-refractivity contribution is 5.88. The molecule has 1 aliphatic carbocycles. The van der Waals surface area contributed by atoms with E-state index in [0.717, 1.165) is 33.8 Å². The van der Waals surface area contributed by atoms with E-state index in [9.17, 15) is 4.79 Å². The summed E-state index contributed by atoms with van der Waals surface area (Å²) in [5.41, 5.74) is 4.99. The highest BCUT2D eigenvalue weighted by atomic mass is 16.5. The fourth-order valence-electron chi connectivity index (χ4n) is 3.26. The van der Waals surface area contributed by atoms with Crippen LogP contribution in [0, 0.1) is 0 Å². The van der Waals surface area contributed by atoms with E-state index in [1.165, 1.54) is 0 Å². The van der Waals surface area contributed by atoms with Crippen molar-refractivity contribution in [2.45, 2.75) is 6.42 Å². The summed E-state index contributed by atoms with van der Waals surface area (Å²) in [6, 6.07) is 10.6. The topological polar surface area (TPSA) is 73.6 Å². The number of benzene rings is 2. The highest BCUT2D eigenvalue weighted by Crippen LogP contribution is 2.44. The number of carbonyl (C=O) groups is 1. The second kappa shape index (κ2) is 5.66. The largest absolute Gasteiger partial charge is 0.493 e. The van der Waals surface area contributed by atoms with Crippen LogP contribution < -0.4 is 9.47 Å². The molecule has 0 saturated carbocycles. The van der Waals surface area contributed by atoms with Gasteiger partial charge in [0.1, 0.15) is 0 Å². The van der Waals surface area contributed by atoms with Crippen molar-refractivity contribution in [1.82, 2.24) is 9.78 Å². The molecular weight excluding hydrogens is 320 g/mol. The van der Waals surface area contributed by atoms with Gasteiger partial charge in [0.2, 0.25) is 0 Å². The molecule has 1 N–H and O–H groups in total. The van der Waals surface area contributed by atoms with Crippen molar-refractivity contribution in [3.63, 3.8) is 0 Å². The maximum atomic E-state index is 11.2. The molecule has 0 fully saturated rings. The monoisotopic (exact) mass is 336 g/mol. The molecule has 3 aromatic rings. The van der Waals surface area contributed by atoms with Crippen molar-refractivity contribution in [2.75, 3.05) is 14.2 Å². The van der Waals surface area contributed by atoms with Crippen LogP contribution in [-0.4, -0.2) is 35.1 Å². The van der Waals surface area contributed by atoms with Gasteiger partial charge in [0, 0.05) is 29.3 Å². The Morgan fingerprint density at radius 2 is 2.04 bits per heavy atom. The van der Waals surface area contributed by atoms with Gasteiger partial charge in [-0.15, -0.1) is 0 Å². The molecule has 0 aliphatic heterocycles. The maximum Gasteiger partial charge on any atom is 0.335 e. The van der Waals surface area contributed by atoms with Crippen molar-refractivity contribution in [2.24, 2.45) is 0 Å². The minimum atomic E-state index is -0.955. The summed E-state index contributed by atoms with van der Waals surface area (Å²) in [7, 11) is 3.25. The van der Waals surface area contributed by atoms with Gasteiger partial charge >= 0.3 is 5.97 Å². The molecule has 0 bridgehead atoms. The molecule has 0 spiro atoms. The van der Waals surface area contributed by atoms with E-state index in [-0.39, 0.29) is 5.56 Å². The van der Waals surface area contributed by atoms with Gasteiger partial charge in [-0.1, -0.05) is 6.07 Å². The first-order chi connectivity index (χ1) is 12.1. The maximum absolute atomic E-state index is 11.2. The average molecular weight is 336 g/mol. The molecule has 0 radical (unpaired) electrons. The standard InChI is InChI=1S/C19H16N2O4/c1-24-16-7-6-14-15(18(16)25-2)9-12-10-21(20-17(12)14)13-5-3-4-11(8-13)19(22)23/h3-8,10H,9H2,1-2H3,(H,22,23). The third-order valence-corrected chi connectivity index (χ3v) is 4.42. The number of aromatic nitrogens is 2. The first-order valence-electron chi connectivity index (χ1n) is 7.79. The Kier molecular flexibility index (Phi) is 3.46. The summed E-state index contributed by atoms with van der Waals surface area (Å²) in [5, 5.41) is 13.8. The minimum absolute atomic E-state index is 0.236. The van der Waals surface area contributed by atoms with Gasteiger partial charge in [-0.05, 0) is 30.3 Å². The predicted octanol–water partition coefficient (Wildman–Crippen LogP) is 3.16. The molecule has 4 rings (SSSR count). The molecule has 126 valence electrons. The Labute approximate surface area is 144 Å². The van der Waals surface area contributed by atoms with Gasteiger partial charge in [0.25, 0.3) is 0 Å². The summed E-state index contributed by atoms with van der Waals surface area (Å²) in [6.45, 7) is 0. The quantitative estimate of drug-likeness (QED) is 0.620. The number of rotatable bonds is 4. The van der Waals surface area contributed by atoms with E-state index < -0.39 is 5.97 Å². The molecule has 0 atom stereocenters. The SMILES string of the molecule is COc1ccc2c(c1OC)Cc1cn(-c3cccc(C(=O)O)c3)nc1-2. The van der Waals surface area contributed by atoms with Crippen molar-refractivity contribution in [1.29, 1.82) is 0 Å². The zero-order valence-corrected chi connectivity index (χ0v) is 13.8. The minimum Gasteiger partial charge on any atom is -0.493 e. The van der Waals surface area contributed by atoms with E-state index in [2.05, 4.69) is 5.10 Å². The van der Waals surface area contributed by atoms with Gasteiger partial charge in [-0.25, -0.2) is 9.48 Å². The summed E-state index contributed by atoms with van der Waals surface area (Å²) in [6.07, 6.45) is 2.63. The summed E-state index contributed by atoms with van der Waals surface area (Å²) in [4.78, 5) is 11.2. The molecule has 0 saturated heterocycles. The number of fused-ring (bicyclic) bond motifs is 3. The molecule has 0 unspecified atom stereocenters. The van der Waals surface area contributed by atoms with E-state index >= 15 is 0 Å². The van der Waals surface area contributed by atoms with E-state index in [4.69, 9.17) is 14.6 Å². The first-order valence-corrected chi connectivity index (χ1v) is 7.79. The van der Waals surface area contributed by atoms with Gasteiger partial charge in [-0.3, -0.25) is 0 Å². The van der Waals surface area contributed by atoms with E-state index in [0.29, 0.717) is 12.2 Å². The first kappa shape index (κ1) is 15.3. The molecule has 1 aromatic heterocycles. The zero-order chi connectivity index (χ0) is 17.6. The zero-order valence-electron chi connectivity index (χ0n) is 13.8. The van der Waals surface area contributed by atoms with Crippen molar-refractivity contribution < 1.29 is 19.4 Å². The van der Waals surface area contributed by atoms with Crippen LogP contribution in [0.15, 0.2) is 42.6 Å². The lowest BCUT2D eigenvalue weighted by molar-refractivity contribution is 0.0697. The van der Waals surface area contributed by atoms with Crippen LogP contribution in [0.5, 0.6) is 11.5 Å². The van der Waals surface area contributed by atoms with E-state index in [1.54, 1.807) is 37.1 Å². The summed E-state index contributed by atoms with van der Waals surface area (Å²) >= 11 is 0. The predicted molar refractivity (Wildman–Crippen MR) is 91.9 cm³/mol. The number of methoxy groups -OCH3 is 2. The number of ether oxygens (including phenoxy) is 2. The molecule has 6 heteroatoms. The normalized spacial score (nSPS) is 11.8. The van der Waals surface area contributed by atoms with Crippen molar-refractivity contribution in [3.8, 4) is 28.4 Å². The Bertz CT molecular complexity index is 991. The fraction of sp³-hybridized carbons (Fsp3) is 0.158. The van der Waals surface area contributed by atoms with Crippen LogP contribution in [0.4, 0.5) is 0 Å². The Hall–Kier alpha value is -3.28. The lowest BCUT2D eigenvalue weighted by Gasteiger charge is -2.12. The molecule has 6 nitrogen and oxygen atoms in total. The van der Waals surface area contributed by atoms with Crippen LogP contribution in [-0.2, 0) is 6.42 Å². The van der Waals surface area contributed by atoms with Crippen LogP contribution in [0.3, 0.4) is 0 Å². The van der Waals surface area contributed by atoms with Crippen LogP contribution in [0.1, 0.15) is 21.5 Å². The summed E-state index contributed by atoms with van der Waals surface area (Å²) in [5.74, 6) is 0.481. The second-order valence-corrected chi connectivity index (χ2v) is 5.81. The number of carboxylic acid groups (broad SMARTS) is 1. The molecule has 1 aliphatic rings. The highest BCUT2D eigenvalue weighted by Gasteiger charge is 2.27. The molecule has 25 heavy (non-hydrogen) atoms. The molecule has 2 aromatic carbocycles. The van der Waals surface area contributed by atoms with Crippen LogP contribution >= 0.6 is 0 Å².